The van der Waals surface area contributed by atoms with E-state index < -0.39 is 0 Å². The normalized spacial score (nSPS) is 11.4. The van der Waals surface area contributed by atoms with Gasteiger partial charge in [0, 0.05) is 20.0 Å². The Morgan fingerprint density at radius 2 is 0.952 bits per heavy atom. The minimum absolute atomic E-state index is 0.0499. The van der Waals surface area contributed by atoms with Crippen LogP contribution in [-0.4, -0.2) is 19.1 Å². The molecule has 0 fully saturated rings. The van der Waals surface area contributed by atoms with Crippen LogP contribution in [0.1, 0.15) is 38.3 Å². The van der Waals surface area contributed by atoms with E-state index in [1.54, 1.807) is 9.13 Å². The maximum atomic E-state index is 13.6. The first-order valence-electron chi connectivity index (χ1n) is 14.0. The van der Waals surface area contributed by atoms with Crippen molar-refractivity contribution in [2.24, 2.45) is 0 Å². The summed E-state index contributed by atoms with van der Waals surface area (Å²) in [7, 11) is 0. The van der Waals surface area contributed by atoms with Gasteiger partial charge in [-0.1, -0.05) is 38.1 Å². The smallest absolute Gasteiger partial charge is 0.266 e. The molecule has 4 aromatic carbocycles. The van der Waals surface area contributed by atoms with Crippen LogP contribution in [0.15, 0.2) is 94.5 Å². The van der Waals surface area contributed by atoms with Gasteiger partial charge in [-0.2, -0.15) is 0 Å². The van der Waals surface area contributed by atoms with Crippen LogP contribution in [0.5, 0.6) is 0 Å². The maximum Gasteiger partial charge on any atom is 0.266 e. The lowest BCUT2D eigenvalue weighted by Crippen LogP contribution is -2.24. The van der Waals surface area contributed by atoms with Crippen LogP contribution in [0.2, 0.25) is 0 Å². The summed E-state index contributed by atoms with van der Waals surface area (Å²) < 4.78 is 5.49. The average Bonchev–Trinajstić information content (AvgIpc) is 2.99. The number of rotatable bonds is 7. The quantitative estimate of drug-likeness (QED) is 0.155. The fraction of sp³-hybridized carbons (Fsp3) is 0.176. The zero-order valence-corrected chi connectivity index (χ0v) is 27.6. The molecule has 2 aromatic heterocycles. The molecule has 6 rings (SSSR count). The van der Waals surface area contributed by atoms with E-state index in [2.05, 4.69) is 59.0 Å². The van der Waals surface area contributed by atoms with Crippen LogP contribution in [0.3, 0.4) is 0 Å². The van der Waals surface area contributed by atoms with Gasteiger partial charge in [-0.05, 0) is 130 Å². The Morgan fingerprint density at radius 3 is 1.31 bits per heavy atom. The van der Waals surface area contributed by atoms with Crippen LogP contribution in [-0.2, 0) is 12.8 Å². The summed E-state index contributed by atoms with van der Waals surface area (Å²) in [6.07, 6.45) is 3.20. The standard InChI is InChI=1S/C34H28I2N4O2/c1-3-5-31-37-29-17-11-23(35)19-27(29)33(41)39(31)25-13-7-21(8-14-25)22-9-15-26(16-10-22)40-32(6-4-2)38-30-18-12-24(36)20-28(30)34(40)42/h7-20H,3-6H2,1-2H3. The Hall–Kier alpha value is -3.38. The molecular weight excluding hydrogens is 750 g/mol. The van der Waals surface area contributed by atoms with E-state index in [-0.39, 0.29) is 11.1 Å². The number of hydrogen-bond acceptors (Lipinski definition) is 4. The summed E-state index contributed by atoms with van der Waals surface area (Å²) in [5, 5.41) is 1.24. The molecule has 0 radical (unpaired) electrons. The van der Waals surface area contributed by atoms with Gasteiger partial charge in [-0.15, -0.1) is 0 Å². The van der Waals surface area contributed by atoms with Crippen molar-refractivity contribution in [1.29, 1.82) is 0 Å². The number of halogens is 2. The topological polar surface area (TPSA) is 69.8 Å². The molecule has 0 spiro atoms. The predicted octanol–water partition coefficient (Wildman–Crippen LogP) is 7.87. The zero-order chi connectivity index (χ0) is 29.4. The maximum absolute atomic E-state index is 13.6. The molecule has 0 amide bonds. The Balaban J connectivity index is 1.38. The van der Waals surface area contributed by atoms with Crippen molar-refractivity contribution in [3.05, 3.63) is 124 Å². The van der Waals surface area contributed by atoms with Gasteiger partial charge in [0.05, 0.1) is 33.2 Å². The molecule has 8 heteroatoms. The molecule has 0 bridgehead atoms. The molecule has 6 nitrogen and oxygen atoms in total. The lowest BCUT2D eigenvalue weighted by molar-refractivity contribution is 0.774. The van der Waals surface area contributed by atoms with Crippen LogP contribution in [0.25, 0.3) is 44.3 Å². The van der Waals surface area contributed by atoms with Gasteiger partial charge in [-0.25, -0.2) is 9.97 Å². The van der Waals surface area contributed by atoms with Crippen LogP contribution >= 0.6 is 45.2 Å². The summed E-state index contributed by atoms with van der Waals surface area (Å²) in [5.41, 5.74) is 4.99. The van der Waals surface area contributed by atoms with Gasteiger partial charge in [0.25, 0.3) is 11.1 Å². The van der Waals surface area contributed by atoms with E-state index in [4.69, 9.17) is 9.97 Å². The average molecular weight is 778 g/mol. The zero-order valence-electron chi connectivity index (χ0n) is 23.3. The van der Waals surface area contributed by atoms with Crippen molar-refractivity contribution >= 4 is 67.0 Å². The third-order valence-corrected chi connectivity index (χ3v) is 8.67. The Morgan fingerprint density at radius 1 is 0.571 bits per heavy atom. The largest absolute Gasteiger partial charge is 0.268 e. The van der Waals surface area contributed by atoms with Crippen molar-refractivity contribution in [3.8, 4) is 22.5 Å². The van der Waals surface area contributed by atoms with E-state index in [9.17, 15) is 9.59 Å². The molecule has 0 saturated carbocycles. The molecular formula is C34H28I2N4O2. The van der Waals surface area contributed by atoms with Crippen molar-refractivity contribution in [2.45, 2.75) is 39.5 Å². The second-order valence-electron chi connectivity index (χ2n) is 10.3. The number of nitrogens with zero attached hydrogens (tertiary/aromatic N) is 4. The highest BCUT2D eigenvalue weighted by Gasteiger charge is 2.15. The molecule has 2 heterocycles. The monoisotopic (exact) mass is 778 g/mol. The van der Waals surface area contributed by atoms with E-state index in [0.717, 1.165) is 65.2 Å². The summed E-state index contributed by atoms with van der Waals surface area (Å²) in [4.78, 5) is 36.9. The molecule has 0 unspecified atom stereocenters. The Kier molecular flexibility index (Phi) is 8.26. The lowest BCUT2D eigenvalue weighted by Gasteiger charge is -2.15. The highest BCUT2D eigenvalue weighted by atomic mass is 127. The SMILES string of the molecule is CCCc1nc2ccc(I)cc2c(=O)n1-c1ccc(-c2ccc(-n3c(CCC)nc4ccc(I)cc4c3=O)cc2)cc1. The van der Waals surface area contributed by atoms with Crippen molar-refractivity contribution < 1.29 is 0 Å². The highest BCUT2D eigenvalue weighted by molar-refractivity contribution is 14.1. The molecule has 0 saturated heterocycles. The molecule has 6 aromatic rings. The molecule has 0 aliphatic rings. The van der Waals surface area contributed by atoms with Crippen LogP contribution in [0, 0.1) is 7.14 Å². The van der Waals surface area contributed by atoms with E-state index in [0.29, 0.717) is 23.6 Å². The number of aromatic nitrogens is 4. The van der Waals surface area contributed by atoms with Gasteiger partial charge >= 0.3 is 0 Å². The van der Waals surface area contributed by atoms with E-state index >= 15 is 0 Å². The first-order valence-corrected chi connectivity index (χ1v) is 16.2. The van der Waals surface area contributed by atoms with Gasteiger partial charge in [-0.3, -0.25) is 18.7 Å². The highest BCUT2D eigenvalue weighted by Crippen LogP contribution is 2.25. The lowest BCUT2D eigenvalue weighted by atomic mass is 10.0. The summed E-state index contributed by atoms with van der Waals surface area (Å²) >= 11 is 4.45. The molecule has 210 valence electrons. The number of benzene rings is 4. The predicted molar refractivity (Wildman–Crippen MR) is 187 cm³/mol. The molecule has 0 N–H and O–H groups in total. The number of hydrogen-bond donors (Lipinski definition) is 0. The number of fused-ring (bicyclic) bond motifs is 2. The minimum atomic E-state index is -0.0499. The van der Waals surface area contributed by atoms with Gasteiger partial charge in [0.15, 0.2) is 0 Å². The molecule has 42 heavy (non-hydrogen) atoms. The number of aryl methyl sites for hydroxylation is 2. The second kappa shape index (κ2) is 12.1. The first kappa shape index (κ1) is 28.7. The first-order chi connectivity index (χ1) is 20.4. The summed E-state index contributed by atoms with van der Waals surface area (Å²) in [6.45, 7) is 4.19. The van der Waals surface area contributed by atoms with Gasteiger partial charge in [0.1, 0.15) is 11.6 Å². The third kappa shape index (κ3) is 5.42. The summed E-state index contributed by atoms with van der Waals surface area (Å²) in [6, 6.07) is 27.6. The van der Waals surface area contributed by atoms with Gasteiger partial charge < -0.3 is 0 Å². The molecule has 0 atom stereocenters. The van der Waals surface area contributed by atoms with Crippen molar-refractivity contribution in [2.75, 3.05) is 0 Å². The van der Waals surface area contributed by atoms with E-state index in [1.807, 2.05) is 84.9 Å². The fourth-order valence-electron chi connectivity index (χ4n) is 5.33. The van der Waals surface area contributed by atoms with Gasteiger partial charge in [0.2, 0.25) is 0 Å². The van der Waals surface area contributed by atoms with Crippen molar-refractivity contribution in [1.82, 2.24) is 19.1 Å². The second-order valence-corrected chi connectivity index (χ2v) is 12.7. The Labute approximate surface area is 270 Å². The van der Waals surface area contributed by atoms with Crippen LogP contribution in [0.4, 0.5) is 0 Å². The van der Waals surface area contributed by atoms with Crippen LogP contribution < -0.4 is 11.1 Å². The fourth-order valence-corrected chi connectivity index (χ4v) is 6.31. The van der Waals surface area contributed by atoms with Crippen molar-refractivity contribution in [3.63, 3.8) is 0 Å². The Bertz CT molecular complexity index is 1910. The molecule has 0 aliphatic carbocycles. The summed E-state index contributed by atoms with van der Waals surface area (Å²) in [5.74, 6) is 1.53. The third-order valence-electron chi connectivity index (χ3n) is 7.33. The minimum Gasteiger partial charge on any atom is -0.268 e. The molecule has 0 aliphatic heterocycles. The van der Waals surface area contributed by atoms with E-state index in [1.165, 1.54) is 0 Å².